The Balaban J connectivity index is 1.68. The Bertz CT molecular complexity index is 571. The summed E-state index contributed by atoms with van der Waals surface area (Å²) >= 11 is 0. The predicted molar refractivity (Wildman–Crippen MR) is 91.2 cm³/mol. The zero-order chi connectivity index (χ0) is 16.9. The van der Waals surface area contributed by atoms with Crippen LogP contribution in [0, 0.1) is 11.8 Å². The average molecular weight is 330 g/mol. The van der Waals surface area contributed by atoms with E-state index in [0.29, 0.717) is 12.5 Å². The monoisotopic (exact) mass is 330 g/mol. The summed E-state index contributed by atoms with van der Waals surface area (Å²) in [5, 5.41) is 3.07. The number of piperidine rings is 1. The van der Waals surface area contributed by atoms with E-state index in [1.165, 1.54) is 20.0 Å². The van der Waals surface area contributed by atoms with Gasteiger partial charge in [0.15, 0.2) is 0 Å². The molecule has 2 atom stereocenters. The van der Waals surface area contributed by atoms with Crippen LogP contribution >= 0.6 is 0 Å². The SMILES string of the molecule is COC(=O)C(c1ccccc1)N1CCCC(C(=O)NCC2CC2)C1. The first-order valence-electron chi connectivity index (χ1n) is 8.83. The molecule has 1 aliphatic carbocycles. The lowest BCUT2D eigenvalue weighted by Crippen LogP contribution is -2.46. The summed E-state index contributed by atoms with van der Waals surface area (Å²) in [6.45, 7) is 2.21. The highest BCUT2D eigenvalue weighted by molar-refractivity contribution is 5.80. The molecule has 2 fully saturated rings. The van der Waals surface area contributed by atoms with Crippen LogP contribution in [0.15, 0.2) is 30.3 Å². The molecule has 0 spiro atoms. The van der Waals surface area contributed by atoms with Crippen molar-refractivity contribution in [1.29, 1.82) is 0 Å². The Morgan fingerprint density at radius 1 is 1.25 bits per heavy atom. The molecule has 2 unspecified atom stereocenters. The van der Waals surface area contributed by atoms with E-state index in [2.05, 4.69) is 10.2 Å². The van der Waals surface area contributed by atoms with Gasteiger partial charge in [-0.2, -0.15) is 0 Å². The highest BCUT2D eigenvalue weighted by Gasteiger charge is 2.35. The van der Waals surface area contributed by atoms with E-state index in [1.54, 1.807) is 0 Å². The third-order valence-electron chi connectivity index (χ3n) is 4.99. The summed E-state index contributed by atoms with van der Waals surface area (Å²) in [7, 11) is 1.42. The Morgan fingerprint density at radius 2 is 2.00 bits per heavy atom. The van der Waals surface area contributed by atoms with Crippen molar-refractivity contribution in [2.45, 2.75) is 31.7 Å². The number of benzene rings is 1. The summed E-state index contributed by atoms with van der Waals surface area (Å²) in [6, 6.07) is 9.23. The molecule has 5 heteroatoms. The number of rotatable bonds is 6. The van der Waals surface area contributed by atoms with Gasteiger partial charge in [0.25, 0.3) is 0 Å². The van der Waals surface area contributed by atoms with Crippen molar-refractivity contribution in [2.24, 2.45) is 11.8 Å². The molecule has 1 amide bonds. The van der Waals surface area contributed by atoms with Crippen LogP contribution in [-0.4, -0.2) is 43.5 Å². The first-order valence-corrected chi connectivity index (χ1v) is 8.83. The molecule has 5 nitrogen and oxygen atoms in total. The number of esters is 1. The van der Waals surface area contributed by atoms with E-state index in [4.69, 9.17) is 4.74 Å². The molecule has 1 N–H and O–H groups in total. The van der Waals surface area contributed by atoms with E-state index in [-0.39, 0.29) is 17.8 Å². The molecule has 24 heavy (non-hydrogen) atoms. The summed E-state index contributed by atoms with van der Waals surface area (Å²) in [6.07, 6.45) is 4.27. The molecule has 1 heterocycles. The fourth-order valence-electron chi connectivity index (χ4n) is 3.41. The molecule has 1 aromatic rings. The predicted octanol–water partition coefficient (Wildman–Crippen LogP) is 2.14. The fraction of sp³-hybridized carbons (Fsp3) is 0.579. The van der Waals surface area contributed by atoms with E-state index in [9.17, 15) is 9.59 Å². The molecule has 130 valence electrons. The number of carbonyl (C=O) groups excluding carboxylic acids is 2. The molecule has 1 saturated heterocycles. The minimum atomic E-state index is -0.435. The van der Waals surface area contributed by atoms with Crippen molar-refractivity contribution in [2.75, 3.05) is 26.7 Å². The normalized spacial score (nSPS) is 22.6. The summed E-state index contributed by atoms with van der Waals surface area (Å²) in [4.78, 5) is 26.9. The van der Waals surface area contributed by atoms with Crippen molar-refractivity contribution in [1.82, 2.24) is 10.2 Å². The van der Waals surface area contributed by atoms with Gasteiger partial charge in [-0.1, -0.05) is 30.3 Å². The van der Waals surface area contributed by atoms with Crippen molar-refractivity contribution in [3.05, 3.63) is 35.9 Å². The molecular formula is C19H26N2O3. The van der Waals surface area contributed by atoms with E-state index in [1.807, 2.05) is 30.3 Å². The lowest BCUT2D eigenvalue weighted by molar-refractivity contribution is -0.149. The second kappa shape index (κ2) is 7.79. The van der Waals surface area contributed by atoms with Gasteiger partial charge in [0.2, 0.25) is 5.91 Å². The fourth-order valence-corrected chi connectivity index (χ4v) is 3.41. The van der Waals surface area contributed by atoms with Gasteiger partial charge >= 0.3 is 5.97 Å². The van der Waals surface area contributed by atoms with Crippen LogP contribution in [0.5, 0.6) is 0 Å². The average Bonchev–Trinajstić information content (AvgIpc) is 3.45. The van der Waals surface area contributed by atoms with Crippen LogP contribution < -0.4 is 5.32 Å². The van der Waals surface area contributed by atoms with Gasteiger partial charge in [0.1, 0.15) is 6.04 Å². The van der Waals surface area contributed by atoms with Crippen LogP contribution in [0.4, 0.5) is 0 Å². The lowest BCUT2D eigenvalue weighted by Gasteiger charge is -2.36. The highest BCUT2D eigenvalue weighted by Crippen LogP contribution is 2.29. The molecule has 0 radical (unpaired) electrons. The largest absolute Gasteiger partial charge is 0.468 e. The number of hydrogen-bond donors (Lipinski definition) is 1. The van der Waals surface area contributed by atoms with Gasteiger partial charge in [-0.05, 0) is 43.7 Å². The van der Waals surface area contributed by atoms with E-state index in [0.717, 1.165) is 31.5 Å². The molecule has 0 bridgehead atoms. The Morgan fingerprint density at radius 3 is 2.67 bits per heavy atom. The van der Waals surface area contributed by atoms with Gasteiger partial charge in [-0.25, -0.2) is 4.79 Å². The minimum absolute atomic E-state index is 0.0478. The number of ether oxygens (including phenoxy) is 1. The van der Waals surface area contributed by atoms with Gasteiger partial charge in [0.05, 0.1) is 13.0 Å². The molecule has 3 rings (SSSR count). The molecular weight excluding hydrogens is 304 g/mol. The quantitative estimate of drug-likeness (QED) is 0.812. The lowest BCUT2D eigenvalue weighted by atomic mass is 9.94. The van der Waals surface area contributed by atoms with E-state index >= 15 is 0 Å². The number of amides is 1. The Labute approximate surface area is 143 Å². The maximum Gasteiger partial charge on any atom is 0.327 e. The number of hydrogen-bond acceptors (Lipinski definition) is 4. The first kappa shape index (κ1) is 17.0. The number of carbonyl (C=O) groups is 2. The van der Waals surface area contributed by atoms with Crippen LogP contribution in [0.25, 0.3) is 0 Å². The molecule has 2 aliphatic rings. The second-order valence-electron chi connectivity index (χ2n) is 6.86. The number of nitrogens with zero attached hydrogens (tertiary/aromatic N) is 1. The Hall–Kier alpha value is -1.88. The number of likely N-dealkylation sites (tertiary alicyclic amines) is 1. The van der Waals surface area contributed by atoms with Gasteiger partial charge in [-0.3, -0.25) is 9.69 Å². The van der Waals surface area contributed by atoms with Crippen molar-refractivity contribution < 1.29 is 14.3 Å². The number of methoxy groups -OCH3 is 1. The zero-order valence-electron chi connectivity index (χ0n) is 14.2. The van der Waals surface area contributed by atoms with Crippen molar-refractivity contribution in [3.63, 3.8) is 0 Å². The van der Waals surface area contributed by atoms with Crippen molar-refractivity contribution >= 4 is 11.9 Å². The maximum absolute atomic E-state index is 12.4. The summed E-state index contributed by atoms with van der Waals surface area (Å²) in [5.74, 6) is 0.498. The van der Waals surface area contributed by atoms with Crippen LogP contribution in [0.1, 0.15) is 37.3 Å². The molecule has 1 saturated carbocycles. The topological polar surface area (TPSA) is 58.6 Å². The van der Waals surface area contributed by atoms with Crippen LogP contribution in [0.2, 0.25) is 0 Å². The first-order chi connectivity index (χ1) is 11.7. The Kier molecular flexibility index (Phi) is 5.51. The summed E-state index contributed by atoms with van der Waals surface area (Å²) in [5.41, 5.74) is 0.920. The molecule has 1 aliphatic heterocycles. The number of nitrogens with one attached hydrogen (secondary N) is 1. The second-order valence-corrected chi connectivity index (χ2v) is 6.86. The molecule has 1 aromatic carbocycles. The molecule has 0 aromatic heterocycles. The van der Waals surface area contributed by atoms with Crippen molar-refractivity contribution in [3.8, 4) is 0 Å². The minimum Gasteiger partial charge on any atom is -0.468 e. The van der Waals surface area contributed by atoms with Crippen LogP contribution in [-0.2, 0) is 14.3 Å². The smallest absolute Gasteiger partial charge is 0.327 e. The third kappa shape index (κ3) is 4.15. The third-order valence-corrected chi connectivity index (χ3v) is 4.99. The zero-order valence-corrected chi connectivity index (χ0v) is 14.2. The van der Waals surface area contributed by atoms with Gasteiger partial charge in [0, 0.05) is 13.1 Å². The van der Waals surface area contributed by atoms with Gasteiger partial charge < -0.3 is 10.1 Å². The maximum atomic E-state index is 12.4. The van der Waals surface area contributed by atoms with E-state index < -0.39 is 6.04 Å². The summed E-state index contributed by atoms with van der Waals surface area (Å²) < 4.78 is 5.02. The highest BCUT2D eigenvalue weighted by atomic mass is 16.5. The van der Waals surface area contributed by atoms with Crippen LogP contribution in [0.3, 0.4) is 0 Å². The van der Waals surface area contributed by atoms with Gasteiger partial charge in [-0.15, -0.1) is 0 Å². The standard InChI is InChI=1S/C19H26N2O3/c1-24-19(23)17(15-6-3-2-4-7-15)21-11-5-8-16(13-21)18(22)20-12-14-9-10-14/h2-4,6-7,14,16-17H,5,8-13H2,1H3,(H,20,22).